The van der Waals surface area contributed by atoms with E-state index in [4.69, 9.17) is 10.5 Å². The van der Waals surface area contributed by atoms with Crippen LogP contribution in [0, 0.1) is 10.1 Å². The van der Waals surface area contributed by atoms with E-state index in [2.05, 4.69) is 4.74 Å². The van der Waals surface area contributed by atoms with Gasteiger partial charge in [-0.25, -0.2) is 0 Å². The minimum atomic E-state index is -0.929. The number of carbonyl (C=O) groups excluding carboxylic acids is 1. The summed E-state index contributed by atoms with van der Waals surface area (Å²) in [7, 11) is 2.63. The van der Waals surface area contributed by atoms with Gasteiger partial charge in [0, 0.05) is 12.0 Å². The van der Waals surface area contributed by atoms with Crippen molar-refractivity contribution in [3.8, 4) is 5.75 Å². The van der Waals surface area contributed by atoms with Crippen LogP contribution in [0.4, 0.5) is 5.69 Å². The number of carbonyl (C=O) groups is 1. The number of nitrogens with zero attached hydrogens (tertiary/aromatic N) is 1. The monoisotopic (exact) mass is 254 g/mol. The van der Waals surface area contributed by atoms with Gasteiger partial charge in [0.25, 0.3) is 5.69 Å². The maximum atomic E-state index is 11.2. The fourth-order valence-electron chi connectivity index (χ4n) is 1.48. The zero-order chi connectivity index (χ0) is 13.7. The van der Waals surface area contributed by atoms with Crippen molar-refractivity contribution < 1.29 is 19.2 Å². The van der Waals surface area contributed by atoms with Crippen LogP contribution in [-0.4, -0.2) is 31.2 Å². The number of hydrogen-bond acceptors (Lipinski definition) is 6. The van der Waals surface area contributed by atoms with Crippen LogP contribution < -0.4 is 10.5 Å². The molecule has 0 heterocycles. The Morgan fingerprint density at radius 1 is 1.50 bits per heavy atom. The normalized spacial score (nSPS) is 11.7. The van der Waals surface area contributed by atoms with Gasteiger partial charge in [-0.05, 0) is 12.1 Å². The van der Waals surface area contributed by atoms with Crippen molar-refractivity contribution in [2.24, 2.45) is 5.73 Å². The Kier molecular flexibility index (Phi) is 4.61. The molecule has 1 rings (SSSR count). The first-order chi connectivity index (χ1) is 8.49. The molecule has 98 valence electrons. The summed E-state index contributed by atoms with van der Waals surface area (Å²) < 4.78 is 9.38. The van der Waals surface area contributed by atoms with Crippen molar-refractivity contribution in [2.45, 2.75) is 12.5 Å². The van der Waals surface area contributed by atoms with E-state index in [-0.39, 0.29) is 12.1 Å². The minimum absolute atomic E-state index is 0.0347. The number of rotatable bonds is 5. The summed E-state index contributed by atoms with van der Waals surface area (Å²) in [5.74, 6) is -0.239. The van der Waals surface area contributed by atoms with E-state index in [1.54, 1.807) is 6.07 Å². The Bertz CT molecular complexity index is 461. The van der Waals surface area contributed by atoms with Crippen LogP contribution >= 0.6 is 0 Å². The summed E-state index contributed by atoms with van der Waals surface area (Å²) >= 11 is 0. The number of hydrogen-bond donors (Lipinski definition) is 1. The van der Waals surface area contributed by atoms with Gasteiger partial charge < -0.3 is 15.2 Å². The largest absolute Gasteiger partial charge is 0.497 e. The second-order valence-electron chi connectivity index (χ2n) is 3.59. The van der Waals surface area contributed by atoms with E-state index in [0.29, 0.717) is 11.3 Å². The molecular weight excluding hydrogens is 240 g/mol. The summed E-state index contributed by atoms with van der Waals surface area (Å²) in [5, 5.41) is 10.9. The Morgan fingerprint density at radius 2 is 2.17 bits per heavy atom. The lowest BCUT2D eigenvalue weighted by molar-refractivity contribution is -0.385. The molecule has 0 bridgehead atoms. The van der Waals surface area contributed by atoms with Crippen LogP contribution in [0.15, 0.2) is 18.2 Å². The highest BCUT2D eigenvalue weighted by Crippen LogP contribution is 2.25. The molecule has 0 amide bonds. The first kappa shape index (κ1) is 13.9. The Balaban J connectivity index is 3.01. The molecule has 7 heteroatoms. The third kappa shape index (κ3) is 3.17. The number of ether oxygens (including phenoxy) is 2. The van der Waals surface area contributed by atoms with Crippen molar-refractivity contribution in [2.75, 3.05) is 14.2 Å². The zero-order valence-electron chi connectivity index (χ0n) is 10.1. The molecule has 0 aromatic heterocycles. The van der Waals surface area contributed by atoms with Gasteiger partial charge in [-0.1, -0.05) is 0 Å². The lowest BCUT2D eigenvalue weighted by Gasteiger charge is -2.10. The SMILES string of the molecule is COC(=O)[C@@H](N)Cc1ccc(OC)cc1[N+](=O)[O-]. The van der Waals surface area contributed by atoms with E-state index in [1.807, 2.05) is 0 Å². The van der Waals surface area contributed by atoms with Gasteiger partial charge in [0.1, 0.15) is 11.8 Å². The lowest BCUT2D eigenvalue weighted by Crippen LogP contribution is -2.33. The fraction of sp³-hybridized carbons (Fsp3) is 0.364. The highest BCUT2D eigenvalue weighted by molar-refractivity contribution is 5.76. The van der Waals surface area contributed by atoms with Crippen molar-refractivity contribution in [3.63, 3.8) is 0 Å². The molecule has 0 radical (unpaired) electrons. The number of nitrogens with two attached hydrogens (primary N) is 1. The molecule has 18 heavy (non-hydrogen) atoms. The van der Waals surface area contributed by atoms with Crippen molar-refractivity contribution in [1.82, 2.24) is 0 Å². The molecule has 0 aliphatic heterocycles. The first-order valence-corrected chi connectivity index (χ1v) is 5.14. The highest BCUT2D eigenvalue weighted by atomic mass is 16.6. The lowest BCUT2D eigenvalue weighted by atomic mass is 10.0. The molecule has 0 fully saturated rings. The maximum absolute atomic E-state index is 11.2. The molecule has 1 aromatic rings. The van der Waals surface area contributed by atoms with Crippen LogP contribution in [0.1, 0.15) is 5.56 Å². The highest BCUT2D eigenvalue weighted by Gasteiger charge is 2.21. The van der Waals surface area contributed by atoms with Gasteiger partial charge in [-0.3, -0.25) is 14.9 Å². The topological polar surface area (TPSA) is 105 Å². The Hall–Kier alpha value is -2.15. The van der Waals surface area contributed by atoms with Crippen LogP contribution in [0.3, 0.4) is 0 Å². The number of esters is 1. The molecule has 7 nitrogen and oxygen atoms in total. The van der Waals surface area contributed by atoms with Crippen molar-refractivity contribution in [3.05, 3.63) is 33.9 Å². The molecule has 0 aliphatic rings. The van der Waals surface area contributed by atoms with E-state index in [0.717, 1.165) is 0 Å². The average Bonchev–Trinajstić information content (AvgIpc) is 2.37. The third-order valence-corrected chi connectivity index (χ3v) is 2.43. The molecular formula is C11H14N2O5. The molecule has 0 spiro atoms. The first-order valence-electron chi connectivity index (χ1n) is 5.14. The van der Waals surface area contributed by atoms with E-state index in [1.165, 1.54) is 26.4 Å². The van der Waals surface area contributed by atoms with Crippen molar-refractivity contribution in [1.29, 1.82) is 0 Å². The number of nitro groups is 1. The van der Waals surface area contributed by atoms with Gasteiger partial charge in [0.15, 0.2) is 0 Å². The van der Waals surface area contributed by atoms with Crippen LogP contribution in [-0.2, 0) is 16.0 Å². The zero-order valence-corrected chi connectivity index (χ0v) is 10.1. The van der Waals surface area contributed by atoms with Gasteiger partial charge >= 0.3 is 5.97 Å². The van der Waals surface area contributed by atoms with Gasteiger partial charge in [-0.2, -0.15) is 0 Å². The average molecular weight is 254 g/mol. The number of methoxy groups -OCH3 is 2. The molecule has 0 saturated heterocycles. The third-order valence-electron chi connectivity index (χ3n) is 2.43. The van der Waals surface area contributed by atoms with E-state index >= 15 is 0 Å². The Morgan fingerprint density at radius 3 is 2.67 bits per heavy atom. The quantitative estimate of drug-likeness (QED) is 0.470. The summed E-state index contributed by atoms with van der Waals surface area (Å²) in [6, 6.07) is 3.45. The van der Waals surface area contributed by atoms with Crippen LogP contribution in [0.5, 0.6) is 5.75 Å². The summed E-state index contributed by atoms with van der Waals surface area (Å²) in [6.07, 6.45) is 0.0347. The molecule has 0 unspecified atom stereocenters. The molecule has 1 aromatic carbocycles. The van der Waals surface area contributed by atoms with Gasteiger partial charge in [0.2, 0.25) is 0 Å². The molecule has 0 saturated carbocycles. The van der Waals surface area contributed by atoms with Crippen LogP contribution in [0.25, 0.3) is 0 Å². The minimum Gasteiger partial charge on any atom is -0.497 e. The summed E-state index contributed by atoms with van der Waals surface area (Å²) in [6.45, 7) is 0. The van der Waals surface area contributed by atoms with Crippen LogP contribution in [0.2, 0.25) is 0 Å². The Labute approximate surface area is 104 Å². The maximum Gasteiger partial charge on any atom is 0.322 e. The van der Waals surface area contributed by atoms with Gasteiger partial charge in [0.05, 0.1) is 25.2 Å². The molecule has 2 N–H and O–H groups in total. The number of nitro benzene ring substituents is 1. The smallest absolute Gasteiger partial charge is 0.322 e. The summed E-state index contributed by atoms with van der Waals surface area (Å²) in [4.78, 5) is 21.5. The van der Waals surface area contributed by atoms with E-state index in [9.17, 15) is 14.9 Å². The molecule has 1 atom stereocenters. The predicted octanol–water partition coefficient (Wildman–Crippen LogP) is 0.646. The fourth-order valence-corrected chi connectivity index (χ4v) is 1.48. The summed E-state index contributed by atoms with van der Waals surface area (Å²) in [5.41, 5.74) is 5.80. The van der Waals surface area contributed by atoms with Crippen molar-refractivity contribution >= 4 is 11.7 Å². The van der Waals surface area contributed by atoms with E-state index < -0.39 is 16.9 Å². The predicted molar refractivity (Wildman–Crippen MR) is 63.3 cm³/mol. The van der Waals surface area contributed by atoms with Gasteiger partial charge in [-0.15, -0.1) is 0 Å². The molecule has 0 aliphatic carbocycles. The standard InChI is InChI=1S/C11H14N2O5/c1-17-8-4-3-7(10(6-8)13(15)16)5-9(12)11(14)18-2/h3-4,6,9H,5,12H2,1-2H3/t9-/m0/s1. The second-order valence-corrected chi connectivity index (χ2v) is 3.59. The number of benzene rings is 1. The second kappa shape index (κ2) is 5.97.